The van der Waals surface area contributed by atoms with Crippen molar-refractivity contribution in [3.63, 3.8) is 0 Å². The number of nitrogens with zero attached hydrogens (tertiary/aromatic N) is 1. The summed E-state index contributed by atoms with van der Waals surface area (Å²) >= 11 is 0. The van der Waals surface area contributed by atoms with Gasteiger partial charge in [0.25, 0.3) is 0 Å². The van der Waals surface area contributed by atoms with E-state index >= 15 is 0 Å². The van der Waals surface area contributed by atoms with Crippen molar-refractivity contribution in [3.8, 4) is 11.6 Å². The van der Waals surface area contributed by atoms with Gasteiger partial charge in [-0.1, -0.05) is 18.2 Å². The van der Waals surface area contributed by atoms with E-state index in [1.165, 1.54) is 0 Å². The summed E-state index contributed by atoms with van der Waals surface area (Å²) < 4.78 is 10.7. The molecular formula is C13H14N2O2. The molecule has 1 aromatic carbocycles. The van der Waals surface area contributed by atoms with Crippen molar-refractivity contribution in [2.45, 2.75) is 6.61 Å². The topological polar surface area (TPSA) is 57.4 Å². The first-order valence-corrected chi connectivity index (χ1v) is 5.26. The second-order valence-electron chi connectivity index (χ2n) is 3.58. The number of anilines is 1. The Balaban J connectivity index is 2.15. The summed E-state index contributed by atoms with van der Waals surface area (Å²) in [7, 11) is 1.66. The van der Waals surface area contributed by atoms with Gasteiger partial charge in [0.2, 0.25) is 5.88 Å². The molecule has 0 saturated heterocycles. The Morgan fingerprint density at radius 2 is 2.00 bits per heavy atom. The molecule has 0 fully saturated rings. The molecule has 2 rings (SSSR count). The first-order chi connectivity index (χ1) is 8.28. The normalized spacial score (nSPS) is 10.2. The highest BCUT2D eigenvalue weighted by Gasteiger charge is 2.00. The molecule has 0 saturated carbocycles. The van der Waals surface area contributed by atoms with E-state index in [4.69, 9.17) is 15.2 Å². The summed E-state index contributed by atoms with van der Waals surface area (Å²) in [6.07, 6.45) is 0. The van der Waals surface area contributed by atoms with Gasteiger partial charge in [-0.05, 0) is 23.8 Å². The Labute approximate surface area is 100 Å². The zero-order chi connectivity index (χ0) is 12.1. The molecule has 88 valence electrons. The summed E-state index contributed by atoms with van der Waals surface area (Å²) in [4.78, 5) is 4.07. The molecule has 17 heavy (non-hydrogen) atoms. The van der Waals surface area contributed by atoms with Gasteiger partial charge < -0.3 is 15.2 Å². The van der Waals surface area contributed by atoms with Gasteiger partial charge in [-0.2, -0.15) is 4.98 Å². The number of hydrogen-bond donors (Lipinski definition) is 1. The summed E-state index contributed by atoms with van der Waals surface area (Å²) in [5.41, 5.74) is 6.63. The zero-order valence-electron chi connectivity index (χ0n) is 9.59. The fraction of sp³-hybridized carbons (Fsp3) is 0.154. The number of rotatable bonds is 4. The third-order valence-corrected chi connectivity index (χ3v) is 2.18. The van der Waals surface area contributed by atoms with Crippen LogP contribution in [0.4, 0.5) is 5.82 Å². The molecule has 0 amide bonds. The van der Waals surface area contributed by atoms with E-state index < -0.39 is 0 Å². The summed E-state index contributed by atoms with van der Waals surface area (Å²) in [5.74, 6) is 1.65. The number of methoxy groups -OCH3 is 1. The Morgan fingerprint density at radius 1 is 1.18 bits per heavy atom. The molecule has 1 aromatic heterocycles. The maximum Gasteiger partial charge on any atom is 0.221 e. The molecule has 0 radical (unpaired) electrons. The molecule has 2 N–H and O–H groups in total. The van der Waals surface area contributed by atoms with Crippen molar-refractivity contribution >= 4 is 5.82 Å². The second kappa shape index (κ2) is 5.32. The molecule has 0 spiro atoms. The Morgan fingerprint density at radius 3 is 2.76 bits per heavy atom. The minimum atomic E-state index is 0.440. The molecule has 0 unspecified atom stereocenters. The summed E-state index contributed by atoms with van der Waals surface area (Å²) in [5, 5.41) is 0. The number of nitrogens with two attached hydrogens (primary N) is 1. The highest BCUT2D eigenvalue weighted by molar-refractivity contribution is 5.35. The van der Waals surface area contributed by atoms with Crippen LogP contribution < -0.4 is 10.5 Å². The Hall–Kier alpha value is -2.07. The summed E-state index contributed by atoms with van der Waals surface area (Å²) in [6.45, 7) is 0.557. The van der Waals surface area contributed by atoms with Crippen molar-refractivity contribution < 1.29 is 9.47 Å². The second-order valence-corrected chi connectivity index (χ2v) is 3.58. The maximum absolute atomic E-state index is 5.60. The first-order valence-electron chi connectivity index (χ1n) is 5.26. The van der Waals surface area contributed by atoms with Gasteiger partial charge in [0, 0.05) is 13.2 Å². The molecule has 4 heteroatoms. The van der Waals surface area contributed by atoms with Crippen LogP contribution in [-0.2, 0) is 11.3 Å². The molecular weight excluding hydrogens is 216 g/mol. The van der Waals surface area contributed by atoms with E-state index in [9.17, 15) is 0 Å². The number of pyridine rings is 1. The standard InChI is InChI=1S/C13H14N2O2/c1-16-9-10-4-2-5-11(8-10)17-13-7-3-6-12(14)15-13/h2-8H,9H2,1H3,(H2,14,15). The van der Waals surface area contributed by atoms with Crippen LogP contribution in [0.5, 0.6) is 11.6 Å². The van der Waals surface area contributed by atoms with E-state index in [0.29, 0.717) is 18.3 Å². The lowest BCUT2D eigenvalue weighted by molar-refractivity contribution is 0.184. The van der Waals surface area contributed by atoms with Gasteiger partial charge in [0.15, 0.2) is 0 Å². The van der Waals surface area contributed by atoms with Gasteiger partial charge in [-0.25, -0.2) is 0 Å². The largest absolute Gasteiger partial charge is 0.439 e. The van der Waals surface area contributed by atoms with Crippen LogP contribution in [0.15, 0.2) is 42.5 Å². The minimum absolute atomic E-state index is 0.440. The average Bonchev–Trinajstić information content (AvgIpc) is 2.30. The SMILES string of the molecule is COCc1cccc(Oc2cccc(N)n2)c1. The highest BCUT2D eigenvalue weighted by Crippen LogP contribution is 2.21. The van der Waals surface area contributed by atoms with Crippen LogP contribution in [0, 0.1) is 0 Å². The lowest BCUT2D eigenvalue weighted by atomic mass is 10.2. The highest BCUT2D eigenvalue weighted by atomic mass is 16.5. The number of nitrogen functional groups attached to an aromatic ring is 1. The van der Waals surface area contributed by atoms with Crippen LogP contribution in [0.2, 0.25) is 0 Å². The maximum atomic E-state index is 5.60. The lowest BCUT2D eigenvalue weighted by Crippen LogP contribution is -1.93. The van der Waals surface area contributed by atoms with E-state index in [1.54, 1.807) is 25.3 Å². The van der Waals surface area contributed by atoms with Gasteiger partial charge in [0.05, 0.1) is 6.61 Å². The molecule has 0 bridgehead atoms. The van der Waals surface area contributed by atoms with E-state index in [2.05, 4.69) is 4.98 Å². The van der Waals surface area contributed by atoms with Crippen LogP contribution in [0.3, 0.4) is 0 Å². The number of hydrogen-bond acceptors (Lipinski definition) is 4. The van der Waals surface area contributed by atoms with Crippen LogP contribution >= 0.6 is 0 Å². The van der Waals surface area contributed by atoms with Gasteiger partial charge in [0.1, 0.15) is 11.6 Å². The van der Waals surface area contributed by atoms with Crippen LogP contribution in [-0.4, -0.2) is 12.1 Å². The molecule has 4 nitrogen and oxygen atoms in total. The van der Waals surface area contributed by atoms with E-state index in [1.807, 2.05) is 24.3 Å². The number of benzene rings is 1. The molecule has 0 aliphatic heterocycles. The third-order valence-electron chi connectivity index (χ3n) is 2.18. The Bertz CT molecular complexity index is 500. The van der Waals surface area contributed by atoms with Crippen molar-refractivity contribution in [1.29, 1.82) is 0 Å². The quantitative estimate of drug-likeness (QED) is 0.877. The smallest absolute Gasteiger partial charge is 0.221 e. The molecule has 0 atom stereocenters. The van der Waals surface area contributed by atoms with Gasteiger partial charge >= 0.3 is 0 Å². The fourth-order valence-electron chi connectivity index (χ4n) is 1.47. The van der Waals surface area contributed by atoms with Gasteiger partial charge in [-0.3, -0.25) is 0 Å². The van der Waals surface area contributed by atoms with Crippen molar-refractivity contribution in [2.24, 2.45) is 0 Å². The number of ether oxygens (including phenoxy) is 2. The van der Waals surface area contributed by atoms with Crippen LogP contribution in [0.1, 0.15) is 5.56 Å². The third kappa shape index (κ3) is 3.19. The molecule has 2 aromatic rings. The average molecular weight is 230 g/mol. The lowest BCUT2D eigenvalue weighted by Gasteiger charge is -2.06. The van der Waals surface area contributed by atoms with Crippen molar-refractivity contribution in [1.82, 2.24) is 4.98 Å². The van der Waals surface area contributed by atoms with Gasteiger partial charge in [-0.15, -0.1) is 0 Å². The molecule has 1 heterocycles. The Kier molecular flexibility index (Phi) is 3.57. The van der Waals surface area contributed by atoms with E-state index in [0.717, 1.165) is 11.3 Å². The molecule has 0 aliphatic carbocycles. The predicted molar refractivity (Wildman–Crippen MR) is 65.9 cm³/mol. The van der Waals surface area contributed by atoms with Crippen molar-refractivity contribution in [2.75, 3.05) is 12.8 Å². The van der Waals surface area contributed by atoms with Crippen LogP contribution in [0.25, 0.3) is 0 Å². The zero-order valence-corrected chi connectivity index (χ0v) is 9.59. The van der Waals surface area contributed by atoms with Crippen molar-refractivity contribution in [3.05, 3.63) is 48.0 Å². The minimum Gasteiger partial charge on any atom is -0.439 e. The monoisotopic (exact) mass is 230 g/mol. The fourth-order valence-corrected chi connectivity index (χ4v) is 1.47. The molecule has 0 aliphatic rings. The van der Waals surface area contributed by atoms with E-state index in [-0.39, 0.29) is 0 Å². The predicted octanol–water partition coefficient (Wildman–Crippen LogP) is 2.60. The number of aromatic nitrogens is 1. The summed E-state index contributed by atoms with van der Waals surface area (Å²) in [6, 6.07) is 12.9. The first kappa shape index (κ1) is 11.4.